The lowest BCUT2D eigenvalue weighted by atomic mass is 10.0. The maximum atomic E-state index is 12.6. The van der Waals surface area contributed by atoms with E-state index in [2.05, 4.69) is 17.4 Å². The van der Waals surface area contributed by atoms with Gasteiger partial charge in [-0.3, -0.25) is 4.79 Å². The van der Waals surface area contributed by atoms with Crippen LogP contribution >= 0.6 is 0 Å². The third-order valence-corrected chi connectivity index (χ3v) is 5.53. The fourth-order valence-corrected chi connectivity index (χ4v) is 3.97. The van der Waals surface area contributed by atoms with E-state index in [1.165, 1.54) is 44.1 Å². The predicted molar refractivity (Wildman–Crippen MR) is 108 cm³/mol. The first-order chi connectivity index (χ1) is 13.3. The average molecular weight is 361 g/mol. The van der Waals surface area contributed by atoms with Crippen molar-refractivity contribution < 1.29 is 4.79 Å². The van der Waals surface area contributed by atoms with Gasteiger partial charge in [0.05, 0.1) is 5.69 Å². The Hall–Kier alpha value is -2.62. The van der Waals surface area contributed by atoms with Crippen LogP contribution in [0.1, 0.15) is 60.1 Å². The zero-order valence-corrected chi connectivity index (χ0v) is 15.7. The first-order valence-electron chi connectivity index (χ1n) is 10.1. The van der Waals surface area contributed by atoms with Gasteiger partial charge in [-0.2, -0.15) is 0 Å². The zero-order valence-electron chi connectivity index (χ0n) is 15.7. The number of imidazole rings is 1. The Labute approximate surface area is 160 Å². The van der Waals surface area contributed by atoms with Crippen molar-refractivity contribution in [1.29, 1.82) is 0 Å². The third kappa shape index (κ3) is 4.57. The summed E-state index contributed by atoms with van der Waals surface area (Å²) >= 11 is 0. The smallest absolute Gasteiger partial charge is 0.251 e. The van der Waals surface area contributed by atoms with Crippen molar-refractivity contribution in [2.75, 3.05) is 6.54 Å². The van der Waals surface area contributed by atoms with E-state index in [4.69, 9.17) is 4.98 Å². The van der Waals surface area contributed by atoms with Crippen LogP contribution in [-0.4, -0.2) is 21.8 Å². The Kier molecular flexibility index (Phi) is 5.52. The van der Waals surface area contributed by atoms with Crippen LogP contribution in [0.15, 0.2) is 54.9 Å². The van der Waals surface area contributed by atoms with Crippen LogP contribution in [0, 0.1) is 5.92 Å². The summed E-state index contributed by atoms with van der Waals surface area (Å²) in [6.45, 7) is 0.789. The Morgan fingerprint density at radius 2 is 1.85 bits per heavy atom. The van der Waals surface area contributed by atoms with E-state index in [9.17, 15) is 4.79 Å². The number of rotatable bonds is 5. The molecule has 1 fully saturated rings. The topological polar surface area (TPSA) is 46.4 Å². The molecule has 0 saturated heterocycles. The molecule has 0 aliphatic heterocycles. The molecule has 0 radical (unpaired) electrons. The molecule has 1 aromatic carbocycles. The highest BCUT2D eigenvalue weighted by Gasteiger charge is 2.14. The van der Waals surface area contributed by atoms with E-state index >= 15 is 0 Å². The Bertz CT molecular complexity index is 892. The fourth-order valence-electron chi connectivity index (χ4n) is 3.97. The lowest BCUT2D eigenvalue weighted by Gasteiger charge is -2.14. The third-order valence-electron chi connectivity index (χ3n) is 5.53. The number of fused-ring (bicyclic) bond motifs is 1. The SMILES string of the molecule is O=C(NCC1CCCCCC1)c1ccn2cc(Cc3ccccc3)nc2c1. The maximum absolute atomic E-state index is 12.6. The van der Waals surface area contributed by atoms with E-state index in [0.29, 0.717) is 11.5 Å². The van der Waals surface area contributed by atoms with Crippen LogP contribution in [0.4, 0.5) is 0 Å². The summed E-state index contributed by atoms with van der Waals surface area (Å²) in [6.07, 6.45) is 12.5. The van der Waals surface area contributed by atoms with Gasteiger partial charge in [-0.05, 0) is 36.5 Å². The Morgan fingerprint density at radius 1 is 1.07 bits per heavy atom. The summed E-state index contributed by atoms with van der Waals surface area (Å²) in [5.41, 5.74) is 3.76. The summed E-state index contributed by atoms with van der Waals surface area (Å²) in [7, 11) is 0. The molecule has 4 nitrogen and oxygen atoms in total. The number of aromatic nitrogens is 2. The number of carbonyl (C=O) groups excluding carboxylic acids is 1. The highest BCUT2D eigenvalue weighted by Crippen LogP contribution is 2.22. The van der Waals surface area contributed by atoms with Gasteiger partial charge < -0.3 is 9.72 Å². The number of carbonyl (C=O) groups is 1. The maximum Gasteiger partial charge on any atom is 0.251 e. The molecule has 1 saturated carbocycles. The molecule has 0 atom stereocenters. The predicted octanol–water partition coefficient (Wildman–Crippen LogP) is 4.63. The molecule has 4 heteroatoms. The summed E-state index contributed by atoms with van der Waals surface area (Å²) < 4.78 is 1.99. The highest BCUT2D eigenvalue weighted by atomic mass is 16.1. The number of hydrogen-bond donors (Lipinski definition) is 1. The van der Waals surface area contributed by atoms with Crippen molar-refractivity contribution in [2.24, 2.45) is 5.92 Å². The standard InChI is InChI=1S/C23H27N3O/c27-23(24-16-19-10-4-1-2-5-11-19)20-12-13-26-17-21(25-22(26)15-20)14-18-8-6-3-7-9-18/h3,6-9,12-13,15,17,19H,1-2,4-5,10-11,14,16H2,(H,24,27). The molecule has 3 aromatic rings. The first kappa shape index (κ1) is 17.8. The van der Waals surface area contributed by atoms with Crippen LogP contribution in [-0.2, 0) is 6.42 Å². The second kappa shape index (κ2) is 8.38. The summed E-state index contributed by atoms with van der Waals surface area (Å²) in [5, 5.41) is 3.13. The molecule has 4 rings (SSSR count). The largest absolute Gasteiger partial charge is 0.352 e. The van der Waals surface area contributed by atoms with Gasteiger partial charge in [-0.1, -0.05) is 56.0 Å². The molecule has 1 amide bonds. The molecule has 2 aromatic heterocycles. The van der Waals surface area contributed by atoms with E-state index < -0.39 is 0 Å². The van der Waals surface area contributed by atoms with Crippen molar-refractivity contribution in [3.63, 3.8) is 0 Å². The molecular weight excluding hydrogens is 334 g/mol. The normalized spacial score (nSPS) is 15.6. The molecule has 1 N–H and O–H groups in total. The average Bonchev–Trinajstić information content (AvgIpc) is 2.91. The lowest BCUT2D eigenvalue weighted by molar-refractivity contribution is 0.0945. The Morgan fingerprint density at radius 3 is 2.63 bits per heavy atom. The van der Waals surface area contributed by atoms with Gasteiger partial charge in [0.2, 0.25) is 0 Å². The first-order valence-corrected chi connectivity index (χ1v) is 10.1. The van der Waals surface area contributed by atoms with Crippen molar-refractivity contribution >= 4 is 11.6 Å². The van der Waals surface area contributed by atoms with E-state index in [0.717, 1.165) is 24.3 Å². The van der Waals surface area contributed by atoms with E-state index in [-0.39, 0.29) is 5.91 Å². The van der Waals surface area contributed by atoms with Crippen molar-refractivity contribution in [3.05, 3.63) is 71.7 Å². The monoisotopic (exact) mass is 361 g/mol. The van der Waals surface area contributed by atoms with Crippen LogP contribution < -0.4 is 5.32 Å². The van der Waals surface area contributed by atoms with Gasteiger partial charge in [-0.25, -0.2) is 4.98 Å². The van der Waals surface area contributed by atoms with Crippen molar-refractivity contribution in [1.82, 2.24) is 14.7 Å². The molecule has 0 unspecified atom stereocenters. The van der Waals surface area contributed by atoms with Gasteiger partial charge in [0.1, 0.15) is 5.65 Å². The second-order valence-corrected chi connectivity index (χ2v) is 7.64. The molecule has 27 heavy (non-hydrogen) atoms. The minimum absolute atomic E-state index is 0.00866. The van der Waals surface area contributed by atoms with E-state index in [1.54, 1.807) is 0 Å². The summed E-state index contributed by atoms with van der Waals surface area (Å²) in [6, 6.07) is 14.1. The van der Waals surface area contributed by atoms with Crippen molar-refractivity contribution in [2.45, 2.75) is 44.9 Å². The summed E-state index contributed by atoms with van der Waals surface area (Å²) in [5.74, 6) is 0.637. The van der Waals surface area contributed by atoms with Crippen LogP contribution in [0.25, 0.3) is 5.65 Å². The fraction of sp³-hybridized carbons (Fsp3) is 0.391. The van der Waals surface area contributed by atoms with Crippen LogP contribution in [0.3, 0.4) is 0 Å². The van der Waals surface area contributed by atoms with Crippen LogP contribution in [0.2, 0.25) is 0 Å². The van der Waals surface area contributed by atoms with Gasteiger partial charge in [0, 0.05) is 30.9 Å². The van der Waals surface area contributed by atoms with Crippen LogP contribution in [0.5, 0.6) is 0 Å². The minimum atomic E-state index is 0.00866. The molecular formula is C23H27N3O. The molecule has 0 bridgehead atoms. The van der Waals surface area contributed by atoms with Gasteiger partial charge in [0.15, 0.2) is 0 Å². The van der Waals surface area contributed by atoms with Crippen molar-refractivity contribution in [3.8, 4) is 0 Å². The molecule has 2 heterocycles. The number of amides is 1. The summed E-state index contributed by atoms with van der Waals surface area (Å²) in [4.78, 5) is 17.3. The lowest BCUT2D eigenvalue weighted by Crippen LogP contribution is -2.29. The number of nitrogens with zero attached hydrogens (tertiary/aromatic N) is 2. The van der Waals surface area contributed by atoms with E-state index in [1.807, 2.05) is 47.1 Å². The van der Waals surface area contributed by atoms with Gasteiger partial charge >= 0.3 is 0 Å². The molecule has 0 spiro atoms. The number of hydrogen-bond acceptors (Lipinski definition) is 2. The zero-order chi connectivity index (χ0) is 18.5. The Balaban J connectivity index is 1.42. The quantitative estimate of drug-likeness (QED) is 0.674. The van der Waals surface area contributed by atoms with Gasteiger partial charge in [-0.15, -0.1) is 0 Å². The minimum Gasteiger partial charge on any atom is -0.352 e. The number of nitrogens with one attached hydrogen (secondary N) is 1. The molecule has 140 valence electrons. The highest BCUT2D eigenvalue weighted by molar-refractivity contribution is 5.95. The number of benzene rings is 1. The number of pyridine rings is 1. The molecule has 1 aliphatic carbocycles. The van der Waals surface area contributed by atoms with Gasteiger partial charge in [0.25, 0.3) is 5.91 Å². The molecule has 1 aliphatic rings. The second-order valence-electron chi connectivity index (χ2n) is 7.64.